The van der Waals surface area contributed by atoms with E-state index in [1.807, 2.05) is 30.3 Å². The van der Waals surface area contributed by atoms with Crippen molar-refractivity contribution in [3.8, 4) is 0 Å². The standard InChI is InChI=1S/C18H17BrN2O4/c1-12(25-17(23)14-8-5-9-15(19)10-14)16(22)21-18(24)20-11-13-6-3-2-4-7-13/h2-10,12H,11H2,1H3,(H2,20,21,22,24). The van der Waals surface area contributed by atoms with E-state index in [1.165, 1.54) is 6.92 Å². The Morgan fingerprint density at radius 3 is 2.48 bits per heavy atom. The summed E-state index contributed by atoms with van der Waals surface area (Å²) < 4.78 is 5.79. The fraction of sp³-hybridized carbons (Fsp3) is 0.167. The number of hydrogen-bond donors (Lipinski definition) is 2. The Bertz CT molecular complexity index is 765. The average molecular weight is 405 g/mol. The molecule has 0 radical (unpaired) electrons. The molecule has 0 aliphatic rings. The maximum absolute atomic E-state index is 12.0. The van der Waals surface area contributed by atoms with Gasteiger partial charge in [-0.15, -0.1) is 0 Å². The largest absolute Gasteiger partial charge is 0.449 e. The number of imide groups is 1. The second kappa shape index (κ2) is 8.98. The van der Waals surface area contributed by atoms with Gasteiger partial charge in [-0.05, 0) is 30.7 Å². The van der Waals surface area contributed by atoms with E-state index in [-0.39, 0.29) is 6.54 Å². The molecule has 0 aliphatic carbocycles. The fourth-order valence-electron chi connectivity index (χ4n) is 1.93. The molecule has 0 fully saturated rings. The van der Waals surface area contributed by atoms with Gasteiger partial charge in [0.05, 0.1) is 5.56 Å². The summed E-state index contributed by atoms with van der Waals surface area (Å²) in [5.41, 5.74) is 1.21. The molecule has 25 heavy (non-hydrogen) atoms. The van der Waals surface area contributed by atoms with Gasteiger partial charge >= 0.3 is 12.0 Å². The molecule has 130 valence electrons. The molecule has 2 rings (SSSR count). The van der Waals surface area contributed by atoms with Crippen LogP contribution in [0.3, 0.4) is 0 Å². The lowest BCUT2D eigenvalue weighted by Crippen LogP contribution is -2.44. The topological polar surface area (TPSA) is 84.5 Å². The zero-order valence-corrected chi connectivity index (χ0v) is 15.1. The van der Waals surface area contributed by atoms with Crippen LogP contribution >= 0.6 is 15.9 Å². The molecule has 1 unspecified atom stereocenters. The number of carbonyl (C=O) groups is 3. The smallest absolute Gasteiger partial charge is 0.338 e. The van der Waals surface area contributed by atoms with Crippen molar-refractivity contribution in [3.05, 3.63) is 70.2 Å². The van der Waals surface area contributed by atoms with Gasteiger partial charge in [0.25, 0.3) is 5.91 Å². The highest BCUT2D eigenvalue weighted by Crippen LogP contribution is 2.13. The third-order valence-electron chi connectivity index (χ3n) is 3.25. The lowest BCUT2D eigenvalue weighted by Gasteiger charge is -2.13. The van der Waals surface area contributed by atoms with Crippen LogP contribution in [-0.4, -0.2) is 24.0 Å². The predicted octanol–water partition coefficient (Wildman–Crippen LogP) is 3.02. The van der Waals surface area contributed by atoms with Crippen molar-refractivity contribution in [1.82, 2.24) is 10.6 Å². The Labute approximate surface area is 153 Å². The van der Waals surface area contributed by atoms with Crippen molar-refractivity contribution in [2.24, 2.45) is 0 Å². The summed E-state index contributed by atoms with van der Waals surface area (Å²) >= 11 is 3.25. The minimum absolute atomic E-state index is 0.284. The molecule has 0 heterocycles. The van der Waals surface area contributed by atoms with E-state index >= 15 is 0 Å². The van der Waals surface area contributed by atoms with Crippen molar-refractivity contribution in [2.45, 2.75) is 19.6 Å². The summed E-state index contributed by atoms with van der Waals surface area (Å²) in [6.45, 7) is 1.68. The maximum Gasteiger partial charge on any atom is 0.338 e. The Morgan fingerprint density at radius 2 is 1.80 bits per heavy atom. The molecule has 0 aromatic heterocycles. The summed E-state index contributed by atoms with van der Waals surface area (Å²) in [5, 5.41) is 4.70. The molecular weight excluding hydrogens is 388 g/mol. The zero-order chi connectivity index (χ0) is 18.2. The van der Waals surface area contributed by atoms with E-state index in [4.69, 9.17) is 4.74 Å². The molecular formula is C18H17BrN2O4. The monoisotopic (exact) mass is 404 g/mol. The Hall–Kier alpha value is -2.67. The van der Waals surface area contributed by atoms with E-state index in [0.29, 0.717) is 5.56 Å². The number of halogens is 1. The molecule has 2 aromatic carbocycles. The second-order valence-electron chi connectivity index (χ2n) is 5.22. The highest BCUT2D eigenvalue weighted by molar-refractivity contribution is 9.10. The van der Waals surface area contributed by atoms with E-state index in [1.54, 1.807) is 24.3 Å². The van der Waals surface area contributed by atoms with Gasteiger partial charge in [0.2, 0.25) is 0 Å². The Morgan fingerprint density at radius 1 is 1.08 bits per heavy atom. The normalized spacial score (nSPS) is 11.3. The van der Waals surface area contributed by atoms with Crippen molar-refractivity contribution < 1.29 is 19.1 Å². The molecule has 0 saturated carbocycles. The quantitative estimate of drug-likeness (QED) is 0.750. The van der Waals surface area contributed by atoms with Crippen molar-refractivity contribution in [3.63, 3.8) is 0 Å². The van der Waals surface area contributed by atoms with Crippen molar-refractivity contribution in [1.29, 1.82) is 0 Å². The first-order chi connectivity index (χ1) is 12.0. The Balaban J connectivity index is 1.81. The SMILES string of the molecule is CC(OC(=O)c1cccc(Br)c1)C(=O)NC(=O)NCc1ccccc1. The van der Waals surface area contributed by atoms with Crippen molar-refractivity contribution in [2.75, 3.05) is 0 Å². The Kier molecular flexibility index (Phi) is 6.71. The molecule has 0 aliphatic heterocycles. The van der Waals surface area contributed by atoms with Crippen molar-refractivity contribution >= 4 is 33.8 Å². The first-order valence-corrected chi connectivity index (χ1v) is 8.34. The van der Waals surface area contributed by atoms with Gasteiger partial charge in [0.1, 0.15) is 0 Å². The van der Waals surface area contributed by atoms with Gasteiger partial charge in [-0.2, -0.15) is 0 Å². The van der Waals surface area contributed by atoms with E-state index in [9.17, 15) is 14.4 Å². The third kappa shape index (κ3) is 6.04. The molecule has 0 spiro atoms. The summed E-state index contributed by atoms with van der Waals surface area (Å²) in [7, 11) is 0. The highest BCUT2D eigenvalue weighted by Gasteiger charge is 2.20. The number of carbonyl (C=O) groups excluding carboxylic acids is 3. The summed E-state index contributed by atoms with van der Waals surface area (Å²) in [6, 6.07) is 15.2. The number of benzene rings is 2. The van der Waals surface area contributed by atoms with Gasteiger partial charge < -0.3 is 10.1 Å². The van der Waals surface area contributed by atoms with Crippen LogP contribution in [0, 0.1) is 0 Å². The van der Waals surface area contributed by atoms with E-state index in [2.05, 4.69) is 26.6 Å². The van der Waals surface area contributed by atoms with Crippen LogP contribution in [0.2, 0.25) is 0 Å². The molecule has 6 nitrogen and oxygen atoms in total. The number of nitrogens with one attached hydrogen (secondary N) is 2. The molecule has 2 aromatic rings. The van der Waals surface area contributed by atoms with Crippen LogP contribution < -0.4 is 10.6 Å². The summed E-state index contributed by atoms with van der Waals surface area (Å²) in [5.74, 6) is -1.34. The highest BCUT2D eigenvalue weighted by atomic mass is 79.9. The van der Waals surface area contributed by atoms with Gasteiger partial charge in [0, 0.05) is 11.0 Å². The molecule has 2 N–H and O–H groups in total. The lowest BCUT2D eigenvalue weighted by atomic mass is 10.2. The van der Waals surface area contributed by atoms with Gasteiger partial charge in [0.15, 0.2) is 6.10 Å². The molecule has 3 amide bonds. The van der Waals surface area contributed by atoms with E-state index in [0.717, 1.165) is 10.0 Å². The maximum atomic E-state index is 12.0. The second-order valence-corrected chi connectivity index (χ2v) is 6.13. The van der Waals surface area contributed by atoms with E-state index < -0.39 is 24.0 Å². The summed E-state index contributed by atoms with van der Waals surface area (Å²) in [4.78, 5) is 35.7. The van der Waals surface area contributed by atoms with Gasteiger partial charge in [-0.1, -0.05) is 52.3 Å². The van der Waals surface area contributed by atoms with Crippen LogP contribution in [0.15, 0.2) is 59.1 Å². The van der Waals surface area contributed by atoms with Crippen LogP contribution in [0.4, 0.5) is 4.79 Å². The molecule has 0 bridgehead atoms. The minimum atomic E-state index is -1.10. The predicted molar refractivity (Wildman–Crippen MR) is 95.8 cm³/mol. The average Bonchev–Trinajstić information content (AvgIpc) is 2.60. The minimum Gasteiger partial charge on any atom is -0.449 e. The summed E-state index contributed by atoms with van der Waals surface area (Å²) in [6.07, 6.45) is -1.10. The molecule has 0 saturated heterocycles. The first kappa shape index (κ1) is 18.7. The number of ether oxygens (including phenoxy) is 1. The fourth-order valence-corrected chi connectivity index (χ4v) is 2.33. The zero-order valence-electron chi connectivity index (χ0n) is 13.5. The van der Waals surface area contributed by atoms with Gasteiger partial charge in [-0.25, -0.2) is 9.59 Å². The molecule has 1 atom stereocenters. The van der Waals surface area contributed by atoms with Crippen LogP contribution in [0.5, 0.6) is 0 Å². The van der Waals surface area contributed by atoms with Gasteiger partial charge in [-0.3, -0.25) is 10.1 Å². The third-order valence-corrected chi connectivity index (χ3v) is 3.74. The number of amides is 3. The van der Waals surface area contributed by atoms with Crippen LogP contribution in [0.1, 0.15) is 22.8 Å². The van der Waals surface area contributed by atoms with Crippen LogP contribution in [0.25, 0.3) is 0 Å². The number of rotatable bonds is 5. The number of esters is 1. The lowest BCUT2D eigenvalue weighted by molar-refractivity contribution is -0.127. The number of hydrogen-bond acceptors (Lipinski definition) is 4. The molecule has 7 heteroatoms. The van der Waals surface area contributed by atoms with Crippen LogP contribution in [-0.2, 0) is 16.1 Å². The number of urea groups is 1. The first-order valence-electron chi connectivity index (χ1n) is 7.55.